The minimum absolute atomic E-state index is 0.260. The Morgan fingerprint density at radius 1 is 0.767 bits per heavy atom. The second-order valence-corrected chi connectivity index (χ2v) is 7.66. The molecule has 7 nitrogen and oxygen atoms in total. The van der Waals surface area contributed by atoms with Crippen LogP contribution in [0.5, 0.6) is 0 Å². The maximum Gasteiger partial charge on any atom is 0.177 e. The van der Waals surface area contributed by atoms with E-state index < -0.39 is 0 Å². The molecule has 6 aromatic heterocycles. The molecule has 2 N–H and O–H groups in total. The Kier molecular flexibility index (Phi) is 3.68. The van der Waals surface area contributed by atoms with Crippen molar-refractivity contribution in [3.05, 3.63) is 66.1 Å². The number of imidazole rings is 1. The van der Waals surface area contributed by atoms with E-state index in [1.807, 2.05) is 36.4 Å². The van der Waals surface area contributed by atoms with Crippen LogP contribution in [0.4, 0.5) is 4.39 Å². The SMILES string of the molecule is Fc1ccc(-c2nccc3[nH]c(-c4n[nH]c5ccc(-c6ccccn6)nc45)nc23)s1. The molecule has 0 radical (unpaired) electrons. The molecule has 0 amide bonds. The number of aromatic amines is 2. The normalized spacial score (nSPS) is 11.5. The Labute approximate surface area is 172 Å². The van der Waals surface area contributed by atoms with Crippen LogP contribution in [0.1, 0.15) is 0 Å². The molecule has 0 atom stereocenters. The highest BCUT2D eigenvalue weighted by Gasteiger charge is 2.18. The van der Waals surface area contributed by atoms with Gasteiger partial charge in [-0.2, -0.15) is 9.49 Å². The predicted octanol–water partition coefficient (Wildman–Crippen LogP) is 4.83. The first kappa shape index (κ1) is 16.9. The van der Waals surface area contributed by atoms with Crippen molar-refractivity contribution in [2.75, 3.05) is 0 Å². The van der Waals surface area contributed by atoms with Crippen LogP contribution in [-0.2, 0) is 0 Å². The van der Waals surface area contributed by atoms with Gasteiger partial charge in [0.15, 0.2) is 16.6 Å². The van der Waals surface area contributed by atoms with Crippen LogP contribution in [0.25, 0.3) is 55.5 Å². The molecule has 0 aromatic carbocycles. The topological polar surface area (TPSA) is 96.0 Å². The highest BCUT2D eigenvalue weighted by molar-refractivity contribution is 7.13. The number of hydrogen-bond donors (Lipinski definition) is 2. The lowest BCUT2D eigenvalue weighted by Gasteiger charge is -2.00. The predicted molar refractivity (Wildman–Crippen MR) is 113 cm³/mol. The van der Waals surface area contributed by atoms with Crippen LogP contribution in [0, 0.1) is 5.13 Å². The number of aromatic nitrogens is 7. The maximum absolute atomic E-state index is 13.5. The summed E-state index contributed by atoms with van der Waals surface area (Å²) in [5, 5.41) is 7.17. The third-order valence-corrected chi connectivity index (χ3v) is 5.65. The summed E-state index contributed by atoms with van der Waals surface area (Å²) < 4.78 is 13.5. The van der Waals surface area contributed by atoms with E-state index in [2.05, 4.69) is 25.1 Å². The number of nitrogens with one attached hydrogen (secondary N) is 2. The maximum atomic E-state index is 13.5. The minimum Gasteiger partial charge on any atom is -0.336 e. The van der Waals surface area contributed by atoms with E-state index in [1.54, 1.807) is 18.5 Å². The van der Waals surface area contributed by atoms with Gasteiger partial charge < -0.3 is 4.98 Å². The molecule has 0 unspecified atom stereocenters. The summed E-state index contributed by atoms with van der Waals surface area (Å²) in [6, 6.07) is 14.5. The highest BCUT2D eigenvalue weighted by atomic mass is 32.1. The molecule has 30 heavy (non-hydrogen) atoms. The van der Waals surface area contributed by atoms with Gasteiger partial charge in [-0.3, -0.25) is 15.1 Å². The van der Waals surface area contributed by atoms with Gasteiger partial charge >= 0.3 is 0 Å². The summed E-state index contributed by atoms with van der Waals surface area (Å²) >= 11 is 1.04. The number of nitrogens with zero attached hydrogens (tertiary/aromatic N) is 5. The zero-order chi connectivity index (χ0) is 20.1. The number of hydrogen-bond acceptors (Lipinski definition) is 6. The standard InChI is InChI=1S/C21H12FN7S/c22-16-7-6-15(30-16)19-17-13(8-10-24-19)26-21(27-17)20-18-14(28-29-20)5-4-12(25-18)11-3-1-2-9-23-11/h1-10H,(H,26,27)(H,28,29). The van der Waals surface area contributed by atoms with E-state index in [-0.39, 0.29) is 5.13 Å². The zero-order valence-corrected chi connectivity index (χ0v) is 16.1. The molecule has 6 aromatic rings. The summed E-state index contributed by atoms with van der Waals surface area (Å²) in [5.74, 6) is 0.563. The van der Waals surface area contributed by atoms with Crippen molar-refractivity contribution in [2.24, 2.45) is 0 Å². The molecule has 6 rings (SSSR count). The zero-order valence-electron chi connectivity index (χ0n) is 15.3. The van der Waals surface area contributed by atoms with Crippen molar-refractivity contribution in [2.45, 2.75) is 0 Å². The van der Waals surface area contributed by atoms with E-state index in [0.717, 1.165) is 38.6 Å². The number of thiophene rings is 1. The van der Waals surface area contributed by atoms with E-state index in [0.29, 0.717) is 28.2 Å². The second kappa shape index (κ2) is 6.53. The molecule has 0 spiro atoms. The Morgan fingerprint density at radius 3 is 2.53 bits per heavy atom. The Hall–Kier alpha value is -3.98. The summed E-state index contributed by atoms with van der Waals surface area (Å²) in [6.45, 7) is 0. The lowest BCUT2D eigenvalue weighted by atomic mass is 10.2. The van der Waals surface area contributed by atoms with Gasteiger partial charge in [0.1, 0.15) is 16.7 Å². The molecule has 0 aliphatic heterocycles. The fraction of sp³-hybridized carbons (Fsp3) is 0. The Morgan fingerprint density at radius 2 is 1.70 bits per heavy atom. The second-order valence-electron chi connectivity index (χ2n) is 6.62. The van der Waals surface area contributed by atoms with E-state index in [4.69, 9.17) is 9.97 Å². The van der Waals surface area contributed by atoms with E-state index in [1.165, 1.54) is 6.07 Å². The fourth-order valence-corrected chi connectivity index (χ4v) is 4.12. The summed E-state index contributed by atoms with van der Waals surface area (Å²) in [6.07, 6.45) is 3.41. The van der Waals surface area contributed by atoms with Crippen molar-refractivity contribution in [3.8, 4) is 33.5 Å². The Balaban J connectivity index is 1.52. The van der Waals surface area contributed by atoms with Gasteiger partial charge in [-0.05, 0) is 42.5 Å². The van der Waals surface area contributed by atoms with Crippen molar-refractivity contribution >= 4 is 33.4 Å². The smallest absolute Gasteiger partial charge is 0.177 e. The highest BCUT2D eigenvalue weighted by Crippen LogP contribution is 2.33. The fourth-order valence-electron chi connectivity index (χ4n) is 3.39. The minimum atomic E-state index is -0.260. The molecule has 0 saturated heterocycles. The lowest BCUT2D eigenvalue weighted by Crippen LogP contribution is -1.88. The van der Waals surface area contributed by atoms with Gasteiger partial charge in [-0.1, -0.05) is 6.07 Å². The van der Waals surface area contributed by atoms with Gasteiger partial charge in [-0.15, -0.1) is 11.3 Å². The van der Waals surface area contributed by atoms with Crippen molar-refractivity contribution in [1.82, 2.24) is 35.1 Å². The lowest BCUT2D eigenvalue weighted by molar-refractivity contribution is 0.657. The van der Waals surface area contributed by atoms with E-state index >= 15 is 0 Å². The van der Waals surface area contributed by atoms with E-state index in [9.17, 15) is 4.39 Å². The summed E-state index contributed by atoms with van der Waals surface area (Å²) in [7, 11) is 0. The first-order chi connectivity index (χ1) is 14.8. The van der Waals surface area contributed by atoms with Crippen LogP contribution in [-0.4, -0.2) is 35.1 Å². The van der Waals surface area contributed by atoms with Crippen LogP contribution < -0.4 is 0 Å². The molecule has 6 heterocycles. The molecule has 9 heteroatoms. The molecule has 0 saturated carbocycles. The average Bonchev–Trinajstić information content (AvgIpc) is 3.51. The quantitative estimate of drug-likeness (QED) is 0.433. The Bertz CT molecular complexity index is 1520. The third-order valence-electron chi connectivity index (χ3n) is 4.77. The molecule has 0 aliphatic carbocycles. The van der Waals surface area contributed by atoms with Crippen molar-refractivity contribution in [3.63, 3.8) is 0 Å². The first-order valence-corrected chi connectivity index (χ1v) is 9.95. The molecule has 0 bridgehead atoms. The van der Waals surface area contributed by atoms with Crippen LogP contribution in [0.3, 0.4) is 0 Å². The van der Waals surface area contributed by atoms with Gasteiger partial charge in [-0.25, -0.2) is 9.97 Å². The largest absolute Gasteiger partial charge is 0.336 e. The van der Waals surface area contributed by atoms with Gasteiger partial charge in [0.05, 0.1) is 27.3 Å². The first-order valence-electron chi connectivity index (χ1n) is 9.13. The molecule has 144 valence electrons. The van der Waals surface area contributed by atoms with Crippen LogP contribution in [0.2, 0.25) is 0 Å². The number of H-pyrrole nitrogens is 2. The number of halogens is 1. The van der Waals surface area contributed by atoms with Gasteiger partial charge in [0, 0.05) is 12.4 Å². The summed E-state index contributed by atoms with van der Waals surface area (Å²) in [5.41, 5.74) is 5.69. The monoisotopic (exact) mass is 413 g/mol. The van der Waals surface area contributed by atoms with Crippen LogP contribution >= 0.6 is 11.3 Å². The molecule has 0 fully saturated rings. The number of rotatable bonds is 3. The average molecular weight is 413 g/mol. The number of pyridine rings is 3. The van der Waals surface area contributed by atoms with Crippen molar-refractivity contribution < 1.29 is 4.39 Å². The molecular weight excluding hydrogens is 401 g/mol. The van der Waals surface area contributed by atoms with Crippen LogP contribution in [0.15, 0.2) is 60.9 Å². The molecule has 0 aliphatic rings. The third kappa shape index (κ3) is 2.67. The van der Waals surface area contributed by atoms with Gasteiger partial charge in [0.2, 0.25) is 0 Å². The summed E-state index contributed by atoms with van der Waals surface area (Å²) in [4.78, 5) is 22.3. The van der Waals surface area contributed by atoms with Crippen molar-refractivity contribution in [1.29, 1.82) is 0 Å². The number of fused-ring (bicyclic) bond motifs is 2. The molecular formula is C21H12FN7S. The van der Waals surface area contributed by atoms with Gasteiger partial charge in [0.25, 0.3) is 0 Å².